The van der Waals surface area contributed by atoms with Gasteiger partial charge < -0.3 is 10.4 Å². The van der Waals surface area contributed by atoms with E-state index in [1.807, 2.05) is 0 Å². The summed E-state index contributed by atoms with van der Waals surface area (Å²) in [5.74, 6) is 6.10. The van der Waals surface area contributed by atoms with E-state index in [-0.39, 0.29) is 0 Å². The summed E-state index contributed by atoms with van der Waals surface area (Å²) in [6.45, 7) is 0. The summed E-state index contributed by atoms with van der Waals surface area (Å²) in [5.41, 5.74) is 4.99. The van der Waals surface area contributed by atoms with Crippen LogP contribution in [0.25, 0.3) is 0 Å². The number of H-pyrrole nitrogens is 1. The number of aryl methyl sites for hydroxylation is 1. The first-order valence-electron chi connectivity index (χ1n) is 4.40. The summed E-state index contributed by atoms with van der Waals surface area (Å²) in [6.07, 6.45) is 4.50. The Morgan fingerprint density at radius 2 is 2.15 bits per heavy atom. The van der Waals surface area contributed by atoms with Crippen LogP contribution in [0.4, 0.5) is 5.82 Å². The summed E-state index contributed by atoms with van der Waals surface area (Å²) >= 11 is 4.99. The lowest BCUT2D eigenvalue weighted by Crippen LogP contribution is -2.16. The van der Waals surface area contributed by atoms with Crippen LogP contribution in [0.15, 0.2) is 0 Å². The Hall–Kier alpha value is -0.940. The average molecular weight is 196 g/mol. The number of hydrogen-bond acceptors (Lipinski definition) is 4. The van der Waals surface area contributed by atoms with Crippen molar-refractivity contribution in [2.45, 2.75) is 25.7 Å². The van der Waals surface area contributed by atoms with Gasteiger partial charge in [-0.2, -0.15) is 0 Å². The number of aromatic nitrogens is 2. The fourth-order valence-corrected chi connectivity index (χ4v) is 1.96. The molecule has 1 aromatic rings. The summed E-state index contributed by atoms with van der Waals surface area (Å²) in [7, 11) is 0. The van der Waals surface area contributed by atoms with E-state index in [0.717, 1.165) is 18.7 Å². The molecule has 0 unspecified atom stereocenters. The van der Waals surface area contributed by atoms with Crippen molar-refractivity contribution in [1.82, 2.24) is 9.97 Å². The molecule has 70 valence electrons. The maximum absolute atomic E-state index is 5.37. The molecule has 1 heterocycles. The fourth-order valence-electron chi connectivity index (χ4n) is 1.75. The lowest BCUT2D eigenvalue weighted by Gasteiger charge is -2.17. The van der Waals surface area contributed by atoms with Gasteiger partial charge in [-0.05, 0) is 37.9 Å². The molecular formula is C8H12N4S. The highest BCUT2D eigenvalue weighted by Crippen LogP contribution is 2.23. The Morgan fingerprint density at radius 1 is 1.38 bits per heavy atom. The van der Waals surface area contributed by atoms with Crippen molar-refractivity contribution >= 4 is 18.0 Å². The number of rotatable bonds is 1. The number of fused-ring (bicyclic) bond motifs is 1. The fraction of sp³-hybridized carbons (Fsp3) is 0.500. The first-order valence-corrected chi connectivity index (χ1v) is 4.81. The van der Waals surface area contributed by atoms with Gasteiger partial charge in [0.1, 0.15) is 5.82 Å². The molecule has 0 amide bonds. The Morgan fingerprint density at radius 3 is 2.92 bits per heavy atom. The first kappa shape index (κ1) is 8.65. The molecule has 0 atom stereocenters. The van der Waals surface area contributed by atoms with Crippen molar-refractivity contribution in [3.05, 3.63) is 16.0 Å². The normalized spacial score (nSPS) is 15.2. The molecule has 2 rings (SSSR count). The van der Waals surface area contributed by atoms with E-state index in [0.29, 0.717) is 4.77 Å². The second-order valence-electron chi connectivity index (χ2n) is 3.20. The van der Waals surface area contributed by atoms with Gasteiger partial charge in [0, 0.05) is 11.3 Å². The Balaban J connectivity index is 2.57. The van der Waals surface area contributed by atoms with Gasteiger partial charge in [0.25, 0.3) is 0 Å². The molecule has 0 saturated heterocycles. The molecule has 0 radical (unpaired) electrons. The molecular weight excluding hydrogens is 184 g/mol. The minimum absolute atomic E-state index is 0.508. The van der Waals surface area contributed by atoms with Crippen molar-refractivity contribution in [3.8, 4) is 0 Å². The van der Waals surface area contributed by atoms with Crippen molar-refractivity contribution in [2.24, 2.45) is 5.84 Å². The molecule has 0 spiro atoms. The number of nitrogens with two attached hydrogens (primary N) is 1. The van der Waals surface area contributed by atoms with Crippen LogP contribution in [-0.2, 0) is 12.8 Å². The van der Waals surface area contributed by atoms with Crippen LogP contribution in [0.3, 0.4) is 0 Å². The van der Waals surface area contributed by atoms with Crippen LogP contribution in [0, 0.1) is 4.77 Å². The highest BCUT2D eigenvalue weighted by Gasteiger charge is 2.14. The van der Waals surface area contributed by atoms with Crippen LogP contribution in [0.2, 0.25) is 0 Å². The minimum Gasteiger partial charge on any atom is -0.334 e. The second-order valence-corrected chi connectivity index (χ2v) is 3.59. The molecule has 0 aliphatic heterocycles. The number of anilines is 1. The molecule has 0 bridgehead atoms. The SMILES string of the molecule is NNc1nc(=S)[nH]c2c1CCCC2. The van der Waals surface area contributed by atoms with Gasteiger partial charge in [-0.3, -0.25) is 0 Å². The minimum atomic E-state index is 0.508. The van der Waals surface area contributed by atoms with Crippen LogP contribution in [-0.4, -0.2) is 9.97 Å². The van der Waals surface area contributed by atoms with E-state index in [9.17, 15) is 0 Å². The molecule has 1 aliphatic carbocycles. The van der Waals surface area contributed by atoms with Crippen LogP contribution in [0.5, 0.6) is 0 Å². The number of hydrazine groups is 1. The average Bonchev–Trinajstić information content (AvgIpc) is 2.16. The van der Waals surface area contributed by atoms with Crippen molar-refractivity contribution < 1.29 is 0 Å². The van der Waals surface area contributed by atoms with Gasteiger partial charge in [0.2, 0.25) is 0 Å². The Kier molecular flexibility index (Phi) is 2.28. The Bertz CT molecular complexity index is 351. The van der Waals surface area contributed by atoms with Crippen LogP contribution >= 0.6 is 12.2 Å². The molecule has 0 aromatic carbocycles. The number of nitrogens with zero attached hydrogens (tertiary/aromatic N) is 1. The predicted molar refractivity (Wildman–Crippen MR) is 53.9 cm³/mol. The molecule has 0 saturated carbocycles. The van der Waals surface area contributed by atoms with Crippen LogP contribution in [0.1, 0.15) is 24.1 Å². The lowest BCUT2D eigenvalue weighted by atomic mass is 9.97. The van der Waals surface area contributed by atoms with E-state index >= 15 is 0 Å². The lowest BCUT2D eigenvalue weighted by molar-refractivity contribution is 0.662. The zero-order valence-electron chi connectivity index (χ0n) is 7.26. The monoisotopic (exact) mass is 196 g/mol. The third-order valence-corrected chi connectivity index (χ3v) is 2.55. The maximum Gasteiger partial charge on any atom is 0.199 e. The first-order chi connectivity index (χ1) is 6.31. The molecule has 4 N–H and O–H groups in total. The van der Waals surface area contributed by atoms with Gasteiger partial charge >= 0.3 is 0 Å². The zero-order valence-corrected chi connectivity index (χ0v) is 8.08. The summed E-state index contributed by atoms with van der Waals surface area (Å²) in [4.78, 5) is 7.24. The summed E-state index contributed by atoms with van der Waals surface area (Å²) in [6, 6.07) is 0. The highest BCUT2D eigenvalue weighted by molar-refractivity contribution is 7.71. The summed E-state index contributed by atoms with van der Waals surface area (Å²) in [5, 5.41) is 0. The standard InChI is InChI=1S/C8H12N4S/c9-12-7-5-3-1-2-4-6(5)10-8(13)11-7/h1-4,9H2,(H2,10,11,12,13). The summed E-state index contributed by atoms with van der Waals surface area (Å²) < 4.78 is 0.508. The van der Waals surface area contributed by atoms with Gasteiger partial charge in [-0.25, -0.2) is 10.8 Å². The van der Waals surface area contributed by atoms with Gasteiger partial charge in [-0.15, -0.1) is 0 Å². The topological polar surface area (TPSA) is 66.7 Å². The van der Waals surface area contributed by atoms with E-state index in [2.05, 4.69) is 15.4 Å². The molecule has 4 nitrogen and oxygen atoms in total. The van der Waals surface area contributed by atoms with Crippen molar-refractivity contribution in [2.75, 3.05) is 5.43 Å². The van der Waals surface area contributed by atoms with Crippen molar-refractivity contribution in [3.63, 3.8) is 0 Å². The predicted octanol–water partition coefficient (Wildman–Crippen LogP) is 1.30. The van der Waals surface area contributed by atoms with E-state index in [4.69, 9.17) is 18.1 Å². The van der Waals surface area contributed by atoms with Crippen molar-refractivity contribution in [1.29, 1.82) is 0 Å². The number of hydrogen-bond donors (Lipinski definition) is 3. The molecule has 1 aliphatic rings. The van der Waals surface area contributed by atoms with E-state index < -0.39 is 0 Å². The van der Waals surface area contributed by atoms with E-state index in [1.54, 1.807) is 0 Å². The third kappa shape index (κ3) is 1.57. The van der Waals surface area contributed by atoms with Crippen LogP contribution < -0.4 is 11.3 Å². The largest absolute Gasteiger partial charge is 0.334 e. The second kappa shape index (κ2) is 3.43. The van der Waals surface area contributed by atoms with Gasteiger partial charge in [-0.1, -0.05) is 0 Å². The zero-order chi connectivity index (χ0) is 9.26. The number of nitrogens with one attached hydrogen (secondary N) is 2. The van der Waals surface area contributed by atoms with Gasteiger partial charge in [0.05, 0.1) is 0 Å². The number of aromatic amines is 1. The quantitative estimate of drug-likeness (QED) is 0.360. The molecule has 0 fully saturated rings. The van der Waals surface area contributed by atoms with Gasteiger partial charge in [0.15, 0.2) is 4.77 Å². The maximum atomic E-state index is 5.37. The number of nitrogen functional groups attached to an aromatic ring is 1. The third-order valence-electron chi connectivity index (χ3n) is 2.36. The molecule has 1 aromatic heterocycles. The highest BCUT2D eigenvalue weighted by atomic mass is 32.1. The van der Waals surface area contributed by atoms with E-state index in [1.165, 1.54) is 24.1 Å². The molecule has 5 heteroatoms. The molecule has 13 heavy (non-hydrogen) atoms. The smallest absolute Gasteiger partial charge is 0.199 e. The Labute approximate surface area is 81.5 Å².